The fourth-order valence-electron chi connectivity index (χ4n) is 10.3. The van der Waals surface area contributed by atoms with Crippen LogP contribution >= 0.6 is 32.9 Å². The Morgan fingerprint density at radius 1 is 1.04 bits per heavy atom. The number of Topliss-reactive ketones (excluding diaryl/α,β-unsaturated/α-hetero) is 1. The zero-order valence-corrected chi connectivity index (χ0v) is 31.2. The molecule has 3 heterocycles. The van der Waals surface area contributed by atoms with E-state index >= 15 is 0 Å². The first-order chi connectivity index (χ1) is 24.2. The lowest BCUT2D eigenvalue weighted by Crippen LogP contribution is -2.86. The third-order valence-electron chi connectivity index (χ3n) is 12.1. The van der Waals surface area contributed by atoms with Gasteiger partial charge in [0.25, 0.3) is 0 Å². The van der Waals surface area contributed by atoms with Gasteiger partial charge in [-0.15, -0.1) is 0 Å². The van der Waals surface area contributed by atoms with Crippen LogP contribution in [0.15, 0.2) is 42.5 Å². The summed E-state index contributed by atoms with van der Waals surface area (Å²) in [4.78, 5) is 53.8. The van der Waals surface area contributed by atoms with Crippen LogP contribution in [0.5, 0.6) is 5.75 Å². The van der Waals surface area contributed by atoms with Crippen LogP contribution in [-0.2, 0) is 38.1 Å². The second-order valence-electron chi connectivity index (χ2n) is 15.1. The van der Waals surface area contributed by atoms with Crippen LogP contribution in [0, 0.1) is 37.8 Å². The van der Waals surface area contributed by atoms with Gasteiger partial charge >= 0.3 is 17.9 Å². The molecule has 0 radical (unpaired) electrons. The predicted octanol–water partition coefficient (Wildman–Crippen LogP) is 5.42. The molecule has 0 amide bonds. The largest absolute Gasteiger partial charge is 0.490 e. The summed E-state index contributed by atoms with van der Waals surface area (Å²) in [6.07, 6.45) is -2.03. The molecule has 2 aliphatic heterocycles. The second kappa shape index (κ2) is 13.1. The SMILES string of the molecule is C=C1C(=O)[C@]23[C@H](OC(=O)CCC(=O)OCCOc4ccc(-c5cc(=S)ss5)cc4)[C@H]1CC[C@H]2[C@@]12CO[C@@]3(O)[C@@H](O)[C@@H]1C(C)(C)CC[C@@H]2OC(C)=O. The van der Waals surface area contributed by atoms with Gasteiger partial charge in [-0.05, 0) is 78.5 Å². The number of carbonyl (C=O) groups excluding carboxylic acids is 4. The van der Waals surface area contributed by atoms with Gasteiger partial charge in [0, 0.05) is 29.1 Å². The lowest BCUT2D eigenvalue weighted by Gasteiger charge is -2.74. The molecule has 14 heteroatoms. The van der Waals surface area contributed by atoms with Gasteiger partial charge in [-0.3, -0.25) is 19.2 Å². The average molecular weight is 759 g/mol. The van der Waals surface area contributed by atoms with E-state index in [2.05, 4.69) is 6.58 Å². The van der Waals surface area contributed by atoms with Crippen molar-refractivity contribution in [3.05, 3.63) is 46.3 Å². The topological polar surface area (TPSA) is 155 Å². The Bertz CT molecular complexity index is 1820. The van der Waals surface area contributed by atoms with Gasteiger partial charge in [0.15, 0.2) is 5.78 Å². The molecule has 2 aromatic rings. The number of aliphatic hydroxyl groups excluding tert-OH is 1. The molecule has 4 aliphatic carbocycles. The van der Waals surface area contributed by atoms with E-state index in [1.807, 2.05) is 44.2 Å². The molecule has 2 saturated heterocycles. The lowest BCUT2D eigenvalue weighted by molar-refractivity contribution is -0.458. The number of ether oxygens (including phenoxy) is 5. The van der Waals surface area contributed by atoms with E-state index in [-0.39, 0.29) is 38.2 Å². The first kappa shape index (κ1) is 36.4. The molecule has 11 nitrogen and oxygen atoms in total. The minimum atomic E-state index is -2.38. The van der Waals surface area contributed by atoms with Crippen molar-refractivity contribution in [3.8, 4) is 16.2 Å². The highest BCUT2D eigenvalue weighted by atomic mass is 32.9. The smallest absolute Gasteiger partial charge is 0.306 e. The maximum absolute atomic E-state index is 14.4. The van der Waals surface area contributed by atoms with E-state index in [1.165, 1.54) is 6.92 Å². The molecule has 8 rings (SSSR count). The molecule has 0 unspecified atom stereocenters. The van der Waals surface area contributed by atoms with E-state index in [4.69, 9.17) is 35.9 Å². The van der Waals surface area contributed by atoms with E-state index in [9.17, 15) is 29.4 Å². The summed E-state index contributed by atoms with van der Waals surface area (Å²) < 4.78 is 29.9. The van der Waals surface area contributed by atoms with Crippen LogP contribution in [0.1, 0.15) is 59.3 Å². The third kappa shape index (κ3) is 5.54. The van der Waals surface area contributed by atoms with E-state index < -0.39 is 81.8 Å². The Balaban J connectivity index is 1.02. The van der Waals surface area contributed by atoms with Crippen molar-refractivity contribution in [2.45, 2.75) is 83.4 Å². The molecule has 4 saturated carbocycles. The van der Waals surface area contributed by atoms with Crippen molar-refractivity contribution in [2.24, 2.45) is 34.0 Å². The number of fused-ring (bicyclic) bond motifs is 2. The molecule has 1 aromatic carbocycles. The molecule has 1 aromatic heterocycles. The van der Waals surface area contributed by atoms with Crippen LogP contribution in [0.2, 0.25) is 0 Å². The minimum absolute atomic E-state index is 0.0310. The fourth-order valence-corrected chi connectivity index (χ4v) is 12.7. The highest BCUT2D eigenvalue weighted by Crippen LogP contribution is 2.77. The van der Waals surface area contributed by atoms with Crippen molar-refractivity contribution in [3.63, 3.8) is 0 Å². The van der Waals surface area contributed by atoms with Gasteiger partial charge in [0.2, 0.25) is 5.79 Å². The standard InChI is InChI=1S/C37H42O11S3/c1-19-23-9-10-25-35-18-46-37(43,32(42)30(35)34(3,4)14-13-26(35)47-20(2)38)36(25,31(19)41)33(23)48-28(40)12-11-27(39)45-16-15-44-22-7-5-21(6-8-22)24-17-29(49)51-50-24/h5-8,17,23,25-26,30,32-33,42-43H,1,9-16,18H2,2-4H3/t23-,25-,26-,30+,32-,33+,35+,36-,37-/m0/s1. The van der Waals surface area contributed by atoms with Crippen LogP contribution in [0.3, 0.4) is 0 Å². The number of hydrogen-bond donors (Lipinski definition) is 2. The van der Waals surface area contributed by atoms with E-state index in [0.29, 0.717) is 31.4 Å². The zero-order chi connectivity index (χ0) is 36.5. The molecular weight excluding hydrogens is 717 g/mol. The highest BCUT2D eigenvalue weighted by Gasteiger charge is 2.88. The van der Waals surface area contributed by atoms with Gasteiger partial charge in [0.05, 0.1) is 19.4 Å². The first-order valence-electron chi connectivity index (χ1n) is 17.3. The Morgan fingerprint density at radius 3 is 2.45 bits per heavy atom. The number of benzene rings is 1. The molecule has 6 aliphatic rings. The summed E-state index contributed by atoms with van der Waals surface area (Å²) in [7, 11) is 3.16. The quantitative estimate of drug-likeness (QED) is 0.0794. The summed E-state index contributed by atoms with van der Waals surface area (Å²) in [5, 5.41) is 24.5. The van der Waals surface area contributed by atoms with Crippen molar-refractivity contribution in [2.75, 3.05) is 19.8 Å². The van der Waals surface area contributed by atoms with Crippen molar-refractivity contribution in [1.82, 2.24) is 0 Å². The minimum Gasteiger partial charge on any atom is -0.490 e. The number of esters is 3. The number of carbonyl (C=O) groups is 4. The number of hydrogen-bond acceptors (Lipinski definition) is 14. The normalized spacial score (nSPS) is 35.8. The summed E-state index contributed by atoms with van der Waals surface area (Å²) in [6.45, 7) is 9.44. The number of rotatable bonds is 10. The Morgan fingerprint density at radius 2 is 1.76 bits per heavy atom. The maximum atomic E-state index is 14.4. The maximum Gasteiger partial charge on any atom is 0.306 e. The molecule has 2 N–H and O–H groups in total. The zero-order valence-electron chi connectivity index (χ0n) is 28.7. The van der Waals surface area contributed by atoms with Crippen LogP contribution in [0.25, 0.3) is 10.4 Å². The first-order valence-corrected chi connectivity index (χ1v) is 19.9. The molecule has 4 bridgehead atoms. The van der Waals surface area contributed by atoms with Crippen LogP contribution in [0.4, 0.5) is 0 Å². The van der Waals surface area contributed by atoms with Crippen molar-refractivity contribution in [1.29, 1.82) is 0 Å². The van der Waals surface area contributed by atoms with Crippen molar-refractivity contribution >= 4 is 56.6 Å². The summed E-state index contributed by atoms with van der Waals surface area (Å²) in [5.41, 5.74) is -2.15. The van der Waals surface area contributed by atoms with Gasteiger partial charge in [-0.2, -0.15) is 0 Å². The molecule has 6 fully saturated rings. The fraction of sp³-hybridized carbons (Fsp3) is 0.595. The summed E-state index contributed by atoms with van der Waals surface area (Å²) in [6, 6.07) is 9.47. The van der Waals surface area contributed by atoms with E-state index in [1.54, 1.807) is 20.7 Å². The van der Waals surface area contributed by atoms with Gasteiger partial charge < -0.3 is 33.9 Å². The van der Waals surface area contributed by atoms with Crippen LogP contribution < -0.4 is 4.74 Å². The lowest BCUT2D eigenvalue weighted by atomic mass is 9.35. The summed E-state index contributed by atoms with van der Waals surface area (Å²) >= 11 is 5.20. The monoisotopic (exact) mass is 758 g/mol. The average Bonchev–Trinajstić information content (AvgIpc) is 3.57. The molecule has 9 atom stereocenters. The number of ketones is 1. The second-order valence-corrected chi connectivity index (χ2v) is 18.0. The van der Waals surface area contributed by atoms with Crippen molar-refractivity contribution < 1.29 is 53.1 Å². The summed E-state index contributed by atoms with van der Waals surface area (Å²) in [5.74, 6) is -5.98. The predicted molar refractivity (Wildman–Crippen MR) is 188 cm³/mol. The molecule has 2 spiro atoms. The van der Waals surface area contributed by atoms with Gasteiger partial charge in [-0.25, -0.2) is 0 Å². The Hall–Kier alpha value is -3.01. The third-order valence-corrected chi connectivity index (χ3v) is 15.0. The molecular formula is C37H42O11S3. The van der Waals surface area contributed by atoms with Gasteiger partial charge in [-0.1, -0.05) is 53.3 Å². The van der Waals surface area contributed by atoms with Crippen LogP contribution in [-0.4, -0.2) is 77.8 Å². The molecule has 274 valence electrons. The molecule has 51 heavy (non-hydrogen) atoms. The van der Waals surface area contributed by atoms with E-state index in [0.717, 1.165) is 14.3 Å². The number of aliphatic hydroxyl groups is 2. The highest BCUT2D eigenvalue weighted by molar-refractivity contribution is 7.80. The van der Waals surface area contributed by atoms with Gasteiger partial charge in [0.1, 0.15) is 46.5 Å². The Labute approximate surface area is 308 Å². The Kier molecular flexibility index (Phi) is 9.36.